The molecule has 3 atom stereocenters. The molecular formula is C26H28ClN5O3S. The van der Waals surface area contributed by atoms with E-state index in [4.69, 9.17) is 33.3 Å². The van der Waals surface area contributed by atoms with Crippen LogP contribution < -0.4 is 15.5 Å². The predicted octanol–water partition coefficient (Wildman–Crippen LogP) is 4.48. The van der Waals surface area contributed by atoms with E-state index in [-0.39, 0.29) is 30.7 Å². The molecule has 2 aliphatic heterocycles. The van der Waals surface area contributed by atoms with Crippen LogP contribution in [0.5, 0.6) is 0 Å². The third kappa shape index (κ3) is 5.10. The molecule has 0 radical (unpaired) electrons. The number of pyridine rings is 1. The Morgan fingerprint density at radius 1 is 1.31 bits per heavy atom. The summed E-state index contributed by atoms with van der Waals surface area (Å²) >= 11 is 12.4. The summed E-state index contributed by atoms with van der Waals surface area (Å²) in [6, 6.07) is 15.2. The number of benzene rings is 1. The number of nitrogens with zero attached hydrogens (tertiary/aromatic N) is 3. The van der Waals surface area contributed by atoms with E-state index in [1.807, 2.05) is 30.3 Å². The second-order valence-corrected chi connectivity index (χ2v) is 9.66. The van der Waals surface area contributed by atoms with Gasteiger partial charge in [0, 0.05) is 44.0 Å². The second-order valence-electron chi connectivity index (χ2n) is 8.86. The molecule has 1 amide bonds. The topological polar surface area (TPSA) is 80.7 Å². The lowest BCUT2D eigenvalue weighted by atomic mass is 10.0. The molecule has 188 valence electrons. The molecule has 2 aliphatic rings. The van der Waals surface area contributed by atoms with Crippen molar-refractivity contribution >= 4 is 46.2 Å². The number of hydrogen-bond donors (Lipinski definition) is 2. The normalized spacial score (nSPS) is 21.6. The van der Waals surface area contributed by atoms with Crippen molar-refractivity contribution < 1.29 is 14.3 Å². The van der Waals surface area contributed by atoms with Gasteiger partial charge in [0.1, 0.15) is 12.6 Å². The van der Waals surface area contributed by atoms with Gasteiger partial charge in [0.2, 0.25) is 5.91 Å². The van der Waals surface area contributed by atoms with E-state index in [9.17, 15) is 4.79 Å². The predicted molar refractivity (Wildman–Crippen MR) is 143 cm³/mol. The molecule has 0 aliphatic carbocycles. The van der Waals surface area contributed by atoms with Crippen molar-refractivity contribution in [3.05, 3.63) is 77.3 Å². The van der Waals surface area contributed by atoms with Crippen LogP contribution in [0, 0.1) is 0 Å². The highest BCUT2D eigenvalue weighted by Gasteiger charge is 2.42. The molecule has 0 saturated carbocycles. The van der Waals surface area contributed by atoms with Crippen LogP contribution in [0.25, 0.3) is 0 Å². The van der Waals surface area contributed by atoms with Crippen molar-refractivity contribution in [1.29, 1.82) is 0 Å². The Morgan fingerprint density at radius 3 is 2.92 bits per heavy atom. The second kappa shape index (κ2) is 11.0. The van der Waals surface area contributed by atoms with Gasteiger partial charge in [-0.3, -0.25) is 9.78 Å². The van der Waals surface area contributed by atoms with E-state index in [1.165, 1.54) is 7.11 Å². The molecule has 8 nitrogen and oxygen atoms in total. The Bertz CT molecular complexity index is 1230. The summed E-state index contributed by atoms with van der Waals surface area (Å²) in [5.41, 5.74) is 3.32. The van der Waals surface area contributed by atoms with Gasteiger partial charge < -0.3 is 29.6 Å². The molecule has 10 heteroatoms. The van der Waals surface area contributed by atoms with Crippen LogP contribution in [0.2, 0.25) is 5.02 Å². The number of carbonyl (C=O) groups is 1. The number of carbonyl (C=O) groups excluding carboxylic acids is 1. The average molecular weight is 526 g/mol. The minimum atomic E-state index is -0.273. The Hall–Kier alpha value is -2.98. The van der Waals surface area contributed by atoms with E-state index in [0.29, 0.717) is 15.8 Å². The SMILES string of the molecule is COCC(=O)Nc1ccc(N2C(=S)N[C@H](c3ccccn3)[C@H]2c2cccn2C[C@@H]2CCCO2)cc1Cl. The number of amides is 1. The van der Waals surface area contributed by atoms with Crippen molar-refractivity contribution in [2.45, 2.75) is 37.6 Å². The number of rotatable bonds is 8. The van der Waals surface area contributed by atoms with Crippen LogP contribution in [0.1, 0.15) is 36.3 Å². The minimum Gasteiger partial charge on any atom is -0.376 e. The van der Waals surface area contributed by atoms with Crippen molar-refractivity contribution in [3.8, 4) is 0 Å². The summed E-state index contributed by atoms with van der Waals surface area (Å²) in [5.74, 6) is -0.273. The molecule has 0 unspecified atom stereocenters. The zero-order valence-electron chi connectivity index (χ0n) is 19.9. The number of thiocarbonyl (C=S) groups is 1. The lowest BCUT2D eigenvalue weighted by Crippen LogP contribution is -2.31. The van der Waals surface area contributed by atoms with Gasteiger partial charge in [-0.15, -0.1) is 0 Å². The number of anilines is 2. The third-order valence-corrected chi connectivity index (χ3v) is 7.10. The standard InChI is InChI=1S/C26H28ClN5O3S/c1-34-16-23(33)29-20-10-9-17(14-19(20)27)32-25(24(30-26(32)36)21-7-2-3-11-28-21)22-8-4-12-31(22)15-18-6-5-13-35-18/h2-4,7-12,14,18,24-25H,5-6,13,15-16H2,1H3,(H,29,33)(H,30,36)/t18-,24+,25+/m0/s1. The summed E-state index contributed by atoms with van der Waals surface area (Å²) in [4.78, 5) is 18.7. The fourth-order valence-electron chi connectivity index (χ4n) is 4.88. The van der Waals surface area contributed by atoms with Gasteiger partial charge in [0.25, 0.3) is 0 Å². The minimum absolute atomic E-state index is 0.0479. The van der Waals surface area contributed by atoms with E-state index >= 15 is 0 Å². The smallest absolute Gasteiger partial charge is 0.250 e. The number of halogens is 1. The monoisotopic (exact) mass is 525 g/mol. The maximum absolute atomic E-state index is 12.0. The molecule has 3 aromatic rings. The largest absolute Gasteiger partial charge is 0.376 e. The van der Waals surface area contributed by atoms with Crippen LogP contribution in [0.4, 0.5) is 11.4 Å². The molecule has 2 N–H and O–H groups in total. The number of methoxy groups -OCH3 is 1. The molecular weight excluding hydrogens is 498 g/mol. The average Bonchev–Trinajstić information content (AvgIpc) is 3.62. The fraction of sp³-hybridized carbons (Fsp3) is 0.346. The van der Waals surface area contributed by atoms with E-state index in [2.05, 4.69) is 43.4 Å². The van der Waals surface area contributed by atoms with Gasteiger partial charge in [-0.05, 0) is 67.5 Å². The number of aromatic nitrogens is 2. The van der Waals surface area contributed by atoms with E-state index < -0.39 is 0 Å². The maximum atomic E-state index is 12.0. The Labute approximate surface area is 220 Å². The van der Waals surface area contributed by atoms with Crippen molar-refractivity contribution in [3.63, 3.8) is 0 Å². The lowest BCUT2D eigenvalue weighted by Gasteiger charge is -2.29. The summed E-state index contributed by atoms with van der Waals surface area (Å²) in [5, 5.41) is 7.24. The van der Waals surface area contributed by atoms with E-state index in [1.54, 1.807) is 12.3 Å². The van der Waals surface area contributed by atoms with Gasteiger partial charge in [0.15, 0.2) is 5.11 Å². The summed E-state index contributed by atoms with van der Waals surface area (Å²) in [7, 11) is 1.47. The first-order valence-corrected chi connectivity index (χ1v) is 12.7. The van der Waals surface area contributed by atoms with Gasteiger partial charge >= 0.3 is 0 Å². The summed E-state index contributed by atoms with van der Waals surface area (Å²) in [6.45, 7) is 1.54. The number of ether oxygens (including phenoxy) is 2. The molecule has 5 rings (SSSR count). The zero-order chi connectivity index (χ0) is 25.1. The van der Waals surface area contributed by atoms with Crippen LogP contribution >= 0.6 is 23.8 Å². The number of nitrogens with one attached hydrogen (secondary N) is 2. The molecule has 2 fully saturated rings. The fourth-order valence-corrected chi connectivity index (χ4v) is 5.44. The molecule has 0 spiro atoms. The highest BCUT2D eigenvalue weighted by molar-refractivity contribution is 7.80. The van der Waals surface area contributed by atoms with Crippen molar-refractivity contribution in [2.24, 2.45) is 0 Å². The highest BCUT2D eigenvalue weighted by Crippen LogP contribution is 2.43. The van der Waals surface area contributed by atoms with Gasteiger partial charge in [-0.1, -0.05) is 17.7 Å². The molecule has 0 bridgehead atoms. The Morgan fingerprint density at radius 2 is 2.19 bits per heavy atom. The van der Waals surface area contributed by atoms with E-state index in [0.717, 1.165) is 43.1 Å². The van der Waals surface area contributed by atoms with Crippen LogP contribution in [-0.2, 0) is 20.8 Å². The van der Waals surface area contributed by atoms with Crippen LogP contribution in [0.15, 0.2) is 60.9 Å². The molecule has 2 saturated heterocycles. The van der Waals surface area contributed by atoms with Crippen molar-refractivity contribution in [2.75, 3.05) is 30.5 Å². The van der Waals surface area contributed by atoms with Crippen molar-refractivity contribution in [1.82, 2.24) is 14.9 Å². The number of hydrogen-bond acceptors (Lipinski definition) is 5. The lowest BCUT2D eigenvalue weighted by molar-refractivity contribution is -0.119. The molecule has 2 aromatic heterocycles. The summed E-state index contributed by atoms with van der Waals surface area (Å²) in [6.07, 6.45) is 6.22. The zero-order valence-corrected chi connectivity index (χ0v) is 21.5. The molecule has 1 aromatic carbocycles. The van der Waals surface area contributed by atoms with Gasteiger partial charge in [-0.2, -0.15) is 0 Å². The first kappa shape index (κ1) is 24.7. The quantitative estimate of drug-likeness (QED) is 0.420. The first-order valence-electron chi connectivity index (χ1n) is 11.9. The third-order valence-electron chi connectivity index (χ3n) is 6.47. The summed E-state index contributed by atoms with van der Waals surface area (Å²) < 4.78 is 13.1. The Balaban J connectivity index is 1.51. The van der Waals surface area contributed by atoms with Gasteiger partial charge in [-0.25, -0.2) is 0 Å². The molecule has 4 heterocycles. The van der Waals surface area contributed by atoms with Crippen LogP contribution in [0.3, 0.4) is 0 Å². The van der Waals surface area contributed by atoms with Gasteiger partial charge in [0.05, 0.1) is 28.5 Å². The first-order chi connectivity index (χ1) is 17.5. The molecule has 36 heavy (non-hydrogen) atoms. The Kier molecular flexibility index (Phi) is 7.52. The maximum Gasteiger partial charge on any atom is 0.250 e. The van der Waals surface area contributed by atoms with Crippen LogP contribution in [-0.4, -0.2) is 47.0 Å². The highest BCUT2D eigenvalue weighted by atomic mass is 35.5.